The summed E-state index contributed by atoms with van der Waals surface area (Å²) in [4.78, 5) is 26.8. The molecule has 1 heterocycles. The van der Waals surface area contributed by atoms with Gasteiger partial charge in [0.1, 0.15) is 5.41 Å². The van der Waals surface area contributed by atoms with Gasteiger partial charge < -0.3 is 14.9 Å². The van der Waals surface area contributed by atoms with Crippen molar-refractivity contribution in [3.63, 3.8) is 0 Å². The van der Waals surface area contributed by atoms with E-state index in [1.54, 1.807) is 4.90 Å². The zero-order chi connectivity index (χ0) is 12.5. The first-order chi connectivity index (χ1) is 7.26. The van der Waals surface area contributed by atoms with Gasteiger partial charge in [0.2, 0.25) is 5.91 Å². The number of rotatable bonds is 2. The van der Waals surface area contributed by atoms with Gasteiger partial charge in [-0.3, -0.25) is 9.59 Å². The fraction of sp³-hybridized carbons (Fsp3) is 0.818. The maximum Gasteiger partial charge on any atom is 0.318 e. The van der Waals surface area contributed by atoms with Crippen LogP contribution in [-0.4, -0.2) is 59.5 Å². The van der Waals surface area contributed by atoms with Crippen molar-refractivity contribution >= 4 is 11.9 Å². The first-order valence-electron chi connectivity index (χ1n) is 5.50. The van der Waals surface area contributed by atoms with E-state index < -0.39 is 11.4 Å². The number of piperazine rings is 1. The lowest BCUT2D eigenvalue weighted by molar-refractivity contribution is -0.159. The molecule has 0 spiro atoms. The molecule has 1 unspecified atom stereocenters. The van der Waals surface area contributed by atoms with Crippen LogP contribution in [0.15, 0.2) is 0 Å². The zero-order valence-electron chi connectivity index (χ0n) is 10.4. The van der Waals surface area contributed by atoms with Crippen molar-refractivity contribution in [1.29, 1.82) is 0 Å². The minimum atomic E-state index is -1.32. The molecule has 5 nitrogen and oxygen atoms in total. The third-order valence-electron chi connectivity index (χ3n) is 3.32. The van der Waals surface area contributed by atoms with Crippen molar-refractivity contribution in [2.45, 2.75) is 26.8 Å². The van der Waals surface area contributed by atoms with Crippen molar-refractivity contribution < 1.29 is 14.7 Å². The molecule has 0 bridgehead atoms. The fourth-order valence-electron chi connectivity index (χ4n) is 1.72. The van der Waals surface area contributed by atoms with Crippen LogP contribution in [0.5, 0.6) is 0 Å². The van der Waals surface area contributed by atoms with Crippen LogP contribution in [0.1, 0.15) is 20.8 Å². The average Bonchev–Trinajstić information content (AvgIpc) is 2.20. The van der Waals surface area contributed by atoms with Crippen molar-refractivity contribution in [2.75, 3.05) is 26.7 Å². The summed E-state index contributed by atoms with van der Waals surface area (Å²) >= 11 is 0. The quantitative estimate of drug-likeness (QED) is 0.689. The molecular formula is C11H20N2O3. The summed E-state index contributed by atoms with van der Waals surface area (Å²) in [6.45, 7) is 6.96. The summed E-state index contributed by atoms with van der Waals surface area (Å²) in [6.07, 6.45) is 0. The Hall–Kier alpha value is -1.10. The Kier molecular flexibility index (Phi) is 3.57. The van der Waals surface area contributed by atoms with Gasteiger partial charge in [0.15, 0.2) is 0 Å². The highest BCUT2D eigenvalue weighted by Crippen LogP contribution is 2.21. The third kappa shape index (κ3) is 2.35. The number of hydrogen-bond donors (Lipinski definition) is 1. The average molecular weight is 228 g/mol. The van der Waals surface area contributed by atoms with E-state index in [-0.39, 0.29) is 11.9 Å². The number of hydrogen-bond acceptors (Lipinski definition) is 3. The lowest BCUT2D eigenvalue weighted by atomic mass is 9.91. The van der Waals surface area contributed by atoms with Gasteiger partial charge in [-0.15, -0.1) is 0 Å². The summed E-state index contributed by atoms with van der Waals surface area (Å²) in [5.74, 6) is -1.36. The van der Waals surface area contributed by atoms with Crippen LogP contribution in [-0.2, 0) is 9.59 Å². The molecule has 0 aromatic rings. The molecule has 5 heteroatoms. The van der Waals surface area contributed by atoms with Gasteiger partial charge >= 0.3 is 5.97 Å². The standard InChI is InChI=1S/C11H20N2O3/c1-8-7-13(6-5-12(8)4)9(14)11(2,3)10(15)16/h8H,5-7H2,1-4H3,(H,15,16). The highest BCUT2D eigenvalue weighted by atomic mass is 16.4. The van der Waals surface area contributed by atoms with Gasteiger partial charge in [-0.1, -0.05) is 0 Å². The van der Waals surface area contributed by atoms with Gasteiger partial charge in [0.25, 0.3) is 0 Å². The molecule has 0 aliphatic carbocycles. The van der Waals surface area contributed by atoms with Gasteiger partial charge in [-0.05, 0) is 27.8 Å². The molecule has 1 aliphatic heterocycles. The Morgan fingerprint density at radius 1 is 1.31 bits per heavy atom. The van der Waals surface area contributed by atoms with Crippen LogP contribution in [0.25, 0.3) is 0 Å². The van der Waals surface area contributed by atoms with Gasteiger partial charge in [0.05, 0.1) is 0 Å². The number of likely N-dealkylation sites (N-methyl/N-ethyl adjacent to an activating group) is 1. The van der Waals surface area contributed by atoms with Gasteiger partial charge in [-0.25, -0.2) is 0 Å². The second-order valence-corrected chi connectivity index (χ2v) is 5.01. The van der Waals surface area contributed by atoms with Crippen LogP contribution in [0.3, 0.4) is 0 Å². The second kappa shape index (κ2) is 4.41. The molecule has 92 valence electrons. The summed E-state index contributed by atoms with van der Waals surface area (Å²) in [7, 11) is 2.01. The summed E-state index contributed by atoms with van der Waals surface area (Å²) in [5.41, 5.74) is -1.32. The highest BCUT2D eigenvalue weighted by molar-refractivity contribution is 6.01. The first-order valence-corrected chi connectivity index (χ1v) is 5.50. The Morgan fingerprint density at radius 3 is 2.31 bits per heavy atom. The highest BCUT2D eigenvalue weighted by Gasteiger charge is 2.40. The topological polar surface area (TPSA) is 60.9 Å². The first kappa shape index (κ1) is 13.0. The molecule has 1 N–H and O–H groups in total. The van der Waals surface area contributed by atoms with E-state index in [0.29, 0.717) is 13.1 Å². The number of carbonyl (C=O) groups is 2. The predicted molar refractivity (Wildman–Crippen MR) is 60.1 cm³/mol. The second-order valence-electron chi connectivity index (χ2n) is 5.01. The van der Waals surface area contributed by atoms with Crippen LogP contribution < -0.4 is 0 Å². The molecule has 0 radical (unpaired) electrons. The predicted octanol–water partition coefficient (Wildman–Crippen LogP) is 0.260. The van der Waals surface area contributed by atoms with Crippen molar-refractivity contribution in [2.24, 2.45) is 5.41 Å². The molecule has 0 aromatic heterocycles. The van der Waals surface area contributed by atoms with Crippen molar-refractivity contribution in [1.82, 2.24) is 9.80 Å². The van der Waals surface area contributed by atoms with Gasteiger partial charge in [0, 0.05) is 25.7 Å². The van der Waals surface area contributed by atoms with E-state index in [2.05, 4.69) is 4.90 Å². The molecule has 0 saturated carbocycles. The Balaban J connectivity index is 2.73. The smallest absolute Gasteiger partial charge is 0.318 e. The number of carbonyl (C=O) groups excluding carboxylic acids is 1. The summed E-state index contributed by atoms with van der Waals surface area (Å²) in [5, 5.41) is 9.00. The van der Waals surface area contributed by atoms with E-state index in [9.17, 15) is 9.59 Å². The van der Waals surface area contributed by atoms with E-state index in [0.717, 1.165) is 6.54 Å². The monoisotopic (exact) mass is 228 g/mol. The molecular weight excluding hydrogens is 208 g/mol. The maximum absolute atomic E-state index is 12.0. The van der Waals surface area contributed by atoms with Crippen LogP contribution in [0.4, 0.5) is 0 Å². The lowest BCUT2D eigenvalue weighted by Gasteiger charge is -2.39. The number of amides is 1. The molecule has 1 rings (SSSR count). The lowest BCUT2D eigenvalue weighted by Crippen LogP contribution is -2.56. The molecule has 1 fully saturated rings. The zero-order valence-corrected chi connectivity index (χ0v) is 10.4. The van der Waals surface area contributed by atoms with E-state index >= 15 is 0 Å². The third-order valence-corrected chi connectivity index (χ3v) is 3.32. The minimum Gasteiger partial charge on any atom is -0.480 e. The molecule has 0 aromatic carbocycles. The number of nitrogens with zero attached hydrogens (tertiary/aromatic N) is 2. The normalized spacial score (nSPS) is 23.2. The maximum atomic E-state index is 12.0. The Labute approximate surface area is 96.0 Å². The van der Waals surface area contributed by atoms with Crippen molar-refractivity contribution in [3.8, 4) is 0 Å². The Bertz CT molecular complexity index is 302. The minimum absolute atomic E-state index is 0.280. The van der Waals surface area contributed by atoms with E-state index in [4.69, 9.17) is 5.11 Å². The SMILES string of the molecule is CC1CN(C(=O)C(C)(C)C(=O)O)CCN1C. The number of carboxylic acid groups (broad SMARTS) is 1. The summed E-state index contributed by atoms with van der Waals surface area (Å²) in [6, 6.07) is 0.280. The van der Waals surface area contributed by atoms with E-state index in [1.807, 2.05) is 14.0 Å². The largest absolute Gasteiger partial charge is 0.480 e. The molecule has 1 amide bonds. The van der Waals surface area contributed by atoms with Crippen LogP contribution >= 0.6 is 0 Å². The van der Waals surface area contributed by atoms with Crippen LogP contribution in [0, 0.1) is 5.41 Å². The van der Waals surface area contributed by atoms with Crippen molar-refractivity contribution in [3.05, 3.63) is 0 Å². The number of aliphatic carboxylic acids is 1. The number of carboxylic acids is 1. The summed E-state index contributed by atoms with van der Waals surface area (Å²) < 4.78 is 0. The van der Waals surface area contributed by atoms with Gasteiger partial charge in [-0.2, -0.15) is 0 Å². The molecule has 1 saturated heterocycles. The Morgan fingerprint density at radius 2 is 1.88 bits per heavy atom. The fourth-order valence-corrected chi connectivity index (χ4v) is 1.72. The molecule has 16 heavy (non-hydrogen) atoms. The van der Waals surface area contributed by atoms with Crippen LogP contribution in [0.2, 0.25) is 0 Å². The molecule has 1 atom stereocenters. The molecule has 1 aliphatic rings. The van der Waals surface area contributed by atoms with E-state index in [1.165, 1.54) is 13.8 Å².